The summed E-state index contributed by atoms with van der Waals surface area (Å²) >= 11 is 0. The molecule has 0 radical (unpaired) electrons. The predicted molar refractivity (Wildman–Crippen MR) is 68.3 cm³/mol. The van der Waals surface area contributed by atoms with Crippen molar-refractivity contribution < 1.29 is 13.9 Å². The Kier molecular flexibility index (Phi) is 6.22. The summed E-state index contributed by atoms with van der Waals surface area (Å²) in [7, 11) is 1.98. The molecule has 18 heavy (non-hydrogen) atoms. The molecule has 0 saturated carbocycles. The monoisotopic (exact) mass is 257 g/mol. The van der Waals surface area contributed by atoms with Gasteiger partial charge < -0.3 is 10.0 Å². The van der Waals surface area contributed by atoms with Gasteiger partial charge in [-0.2, -0.15) is 0 Å². The molecule has 0 aromatic heterocycles. The van der Waals surface area contributed by atoms with Crippen molar-refractivity contribution in [2.45, 2.75) is 32.3 Å². The van der Waals surface area contributed by atoms with E-state index in [2.05, 4.69) is 11.8 Å². The Morgan fingerprint density at radius 1 is 1.17 bits per heavy atom. The Balaban J connectivity index is 2.47. The van der Waals surface area contributed by atoms with Crippen LogP contribution in [0.3, 0.4) is 0 Å². The molecule has 0 saturated heterocycles. The molecular formula is C14H21F2NO. The maximum Gasteiger partial charge on any atom is 0.126 e. The first-order chi connectivity index (χ1) is 8.52. The zero-order valence-electron chi connectivity index (χ0n) is 11.0. The van der Waals surface area contributed by atoms with E-state index in [0.29, 0.717) is 18.5 Å². The fraction of sp³-hybridized carbons (Fsp3) is 0.571. The van der Waals surface area contributed by atoms with Crippen molar-refractivity contribution in [2.75, 3.05) is 20.1 Å². The van der Waals surface area contributed by atoms with Crippen molar-refractivity contribution in [3.8, 4) is 0 Å². The average Bonchev–Trinajstić information content (AvgIpc) is 2.32. The van der Waals surface area contributed by atoms with E-state index in [0.717, 1.165) is 25.5 Å². The van der Waals surface area contributed by atoms with E-state index in [1.165, 1.54) is 12.1 Å². The molecule has 0 aliphatic carbocycles. The van der Waals surface area contributed by atoms with Gasteiger partial charge >= 0.3 is 0 Å². The van der Waals surface area contributed by atoms with E-state index < -0.39 is 17.7 Å². The smallest absolute Gasteiger partial charge is 0.126 e. The molecule has 1 aromatic rings. The molecule has 1 N–H and O–H groups in total. The van der Waals surface area contributed by atoms with Crippen LogP contribution in [0, 0.1) is 11.6 Å². The number of hydrogen-bond donors (Lipinski definition) is 1. The van der Waals surface area contributed by atoms with Crippen molar-refractivity contribution in [1.82, 2.24) is 4.90 Å². The van der Waals surface area contributed by atoms with Crippen LogP contribution in [0.2, 0.25) is 0 Å². The van der Waals surface area contributed by atoms with Crippen molar-refractivity contribution in [2.24, 2.45) is 0 Å². The fourth-order valence-corrected chi connectivity index (χ4v) is 1.82. The van der Waals surface area contributed by atoms with Crippen LogP contribution in [0.5, 0.6) is 0 Å². The van der Waals surface area contributed by atoms with Crippen molar-refractivity contribution in [3.05, 3.63) is 35.4 Å². The van der Waals surface area contributed by atoms with Crippen molar-refractivity contribution >= 4 is 0 Å². The van der Waals surface area contributed by atoms with Crippen LogP contribution in [-0.4, -0.2) is 30.1 Å². The number of rotatable bonds is 7. The number of aliphatic hydroxyl groups is 1. The lowest BCUT2D eigenvalue weighted by Gasteiger charge is -2.18. The molecule has 4 heteroatoms. The Bertz CT molecular complexity index is 351. The van der Waals surface area contributed by atoms with Crippen LogP contribution in [-0.2, 0) is 0 Å². The second-order valence-corrected chi connectivity index (χ2v) is 4.66. The number of nitrogens with zero attached hydrogens (tertiary/aromatic N) is 1. The summed E-state index contributed by atoms with van der Waals surface area (Å²) in [4.78, 5) is 2.11. The number of aliphatic hydroxyl groups excluding tert-OH is 1. The molecule has 0 amide bonds. The normalized spacial score (nSPS) is 13.0. The van der Waals surface area contributed by atoms with Gasteiger partial charge in [-0.15, -0.1) is 0 Å². The number of hydrogen-bond acceptors (Lipinski definition) is 2. The minimum Gasteiger partial charge on any atom is -0.388 e. The van der Waals surface area contributed by atoms with Gasteiger partial charge in [0.05, 0.1) is 6.10 Å². The third-order valence-corrected chi connectivity index (χ3v) is 2.95. The van der Waals surface area contributed by atoms with Gasteiger partial charge in [0.2, 0.25) is 0 Å². The Hall–Kier alpha value is -1.00. The molecule has 102 valence electrons. The van der Waals surface area contributed by atoms with Gasteiger partial charge in [0.25, 0.3) is 0 Å². The molecular weight excluding hydrogens is 236 g/mol. The minimum atomic E-state index is -0.820. The third-order valence-electron chi connectivity index (χ3n) is 2.95. The van der Waals surface area contributed by atoms with E-state index in [9.17, 15) is 13.9 Å². The van der Waals surface area contributed by atoms with Crippen molar-refractivity contribution in [1.29, 1.82) is 0 Å². The highest BCUT2D eigenvalue weighted by Crippen LogP contribution is 2.19. The predicted octanol–water partition coefficient (Wildman–Crippen LogP) is 3.12. The standard InChI is InChI=1S/C14H21F2NO/c1-3-4-6-17(2)7-5-14(18)11-8-12(15)10-13(16)9-11/h8-10,14,18H,3-7H2,1-2H3. The number of benzene rings is 1. The van der Waals surface area contributed by atoms with E-state index in [4.69, 9.17) is 0 Å². The molecule has 0 bridgehead atoms. The Labute approximate surface area is 107 Å². The molecule has 1 unspecified atom stereocenters. The van der Waals surface area contributed by atoms with Gasteiger partial charge in [-0.3, -0.25) is 0 Å². The van der Waals surface area contributed by atoms with Gasteiger partial charge in [-0.1, -0.05) is 13.3 Å². The topological polar surface area (TPSA) is 23.5 Å². The summed E-state index contributed by atoms with van der Waals surface area (Å²) in [5.74, 6) is -1.30. The van der Waals surface area contributed by atoms with Crippen LogP contribution in [0.15, 0.2) is 18.2 Å². The lowest BCUT2D eigenvalue weighted by Crippen LogP contribution is -2.22. The summed E-state index contributed by atoms with van der Waals surface area (Å²) in [6.45, 7) is 3.80. The van der Waals surface area contributed by atoms with Gasteiger partial charge in [0.1, 0.15) is 11.6 Å². The van der Waals surface area contributed by atoms with Crippen LogP contribution >= 0.6 is 0 Å². The summed E-state index contributed by atoms with van der Waals surface area (Å²) in [5, 5.41) is 9.88. The summed E-state index contributed by atoms with van der Waals surface area (Å²) < 4.78 is 26.0. The highest BCUT2D eigenvalue weighted by molar-refractivity contribution is 5.20. The SMILES string of the molecule is CCCCN(C)CCC(O)c1cc(F)cc(F)c1. The van der Waals surface area contributed by atoms with Gasteiger partial charge in [-0.25, -0.2) is 8.78 Å². The first kappa shape index (κ1) is 15.1. The molecule has 1 rings (SSSR count). The minimum absolute atomic E-state index is 0.302. The third kappa shape index (κ3) is 5.10. The van der Waals surface area contributed by atoms with Crippen LogP contribution in [0.1, 0.15) is 37.9 Å². The second-order valence-electron chi connectivity index (χ2n) is 4.66. The molecule has 0 aliphatic heterocycles. The summed E-state index contributed by atoms with van der Waals surface area (Å²) in [5.41, 5.74) is 0.302. The molecule has 0 heterocycles. The first-order valence-corrected chi connectivity index (χ1v) is 6.35. The maximum atomic E-state index is 13.0. The van der Waals surface area contributed by atoms with Crippen LogP contribution in [0.25, 0.3) is 0 Å². The van der Waals surface area contributed by atoms with Crippen LogP contribution in [0.4, 0.5) is 8.78 Å². The quantitative estimate of drug-likeness (QED) is 0.811. The highest BCUT2D eigenvalue weighted by atomic mass is 19.1. The van der Waals surface area contributed by atoms with Gasteiger partial charge in [0.15, 0.2) is 0 Å². The number of halogens is 2. The van der Waals surface area contributed by atoms with E-state index in [1.54, 1.807) is 0 Å². The second kappa shape index (κ2) is 7.44. The van der Waals surface area contributed by atoms with E-state index >= 15 is 0 Å². The molecule has 1 aromatic carbocycles. The Morgan fingerprint density at radius 3 is 2.33 bits per heavy atom. The first-order valence-electron chi connectivity index (χ1n) is 6.35. The Morgan fingerprint density at radius 2 is 1.78 bits per heavy atom. The number of unbranched alkanes of at least 4 members (excludes halogenated alkanes) is 1. The zero-order chi connectivity index (χ0) is 13.5. The largest absolute Gasteiger partial charge is 0.388 e. The zero-order valence-corrected chi connectivity index (χ0v) is 11.0. The van der Waals surface area contributed by atoms with Gasteiger partial charge in [-0.05, 0) is 44.1 Å². The molecule has 2 nitrogen and oxygen atoms in total. The highest BCUT2D eigenvalue weighted by Gasteiger charge is 2.11. The van der Waals surface area contributed by atoms with Crippen LogP contribution < -0.4 is 0 Å². The molecule has 0 aliphatic rings. The molecule has 0 spiro atoms. The summed E-state index contributed by atoms with van der Waals surface area (Å²) in [6.07, 6.45) is 1.89. The fourth-order valence-electron chi connectivity index (χ4n) is 1.82. The average molecular weight is 257 g/mol. The lowest BCUT2D eigenvalue weighted by atomic mass is 10.1. The maximum absolute atomic E-state index is 13.0. The summed E-state index contributed by atoms with van der Waals surface area (Å²) in [6, 6.07) is 3.17. The van der Waals surface area contributed by atoms with E-state index in [-0.39, 0.29) is 0 Å². The van der Waals surface area contributed by atoms with E-state index in [1.807, 2.05) is 7.05 Å². The van der Waals surface area contributed by atoms with Gasteiger partial charge in [0, 0.05) is 12.6 Å². The van der Waals surface area contributed by atoms with Crippen molar-refractivity contribution in [3.63, 3.8) is 0 Å². The molecule has 1 atom stereocenters. The lowest BCUT2D eigenvalue weighted by molar-refractivity contribution is 0.148. The molecule has 0 fully saturated rings.